The number of alkyl halides is 3. The lowest BCUT2D eigenvalue weighted by molar-refractivity contribution is -0.141. The van der Waals surface area contributed by atoms with Crippen LogP contribution >= 0.6 is 0 Å². The number of hydrogen-bond donors (Lipinski definition) is 1. The second-order valence-electron chi connectivity index (χ2n) is 4.15. The van der Waals surface area contributed by atoms with Gasteiger partial charge in [-0.25, -0.2) is 0 Å². The number of nitrogens with zero attached hydrogens (tertiary/aromatic N) is 3. The van der Waals surface area contributed by atoms with Crippen LogP contribution in [0, 0.1) is 0 Å². The van der Waals surface area contributed by atoms with Crippen molar-refractivity contribution in [3.8, 4) is 11.4 Å². The lowest BCUT2D eigenvalue weighted by Crippen LogP contribution is -2.06. The number of H-pyrrole nitrogens is 1. The fourth-order valence-electron chi connectivity index (χ4n) is 1.99. The molecule has 0 bridgehead atoms. The Labute approximate surface area is 105 Å². The Morgan fingerprint density at radius 1 is 1.21 bits per heavy atom. The van der Waals surface area contributed by atoms with E-state index < -0.39 is 11.9 Å². The number of aromatic nitrogens is 4. The monoisotopic (exact) mass is 266 g/mol. The molecule has 0 amide bonds. The highest BCUT2D eigenvalue weighted by Gasteiger charge is 2.35. The van der Waals surface area contributed by atoms with Crippen molar-refractivity contribution in [1.82, 2.24) is 20.0 Å². The average molecular weight is 266 g/mol. The Hall–Kier alpha value is -2.31. The van der Waals surface area contributed by atoms with Gasteiger partial charge in [0.25, 0.3) is 0 Å². The fraction of sp³-hybridized carbons (Fsp3) is 0.167. The molecule has 0 unspecified atom stereocenters. The third-order valence-corrected chi connectivity index (χ3v) is 2.88. The van der Waals surface area contributed by atoms with Gasteiger partial charge in [0.2, 0.25) is 0 Å². The van der Waals surface area contributed by atoms with Crippen LogP contribution in [0.4, 0.5) is 13.2 Å². The summed E-state index contributed by atoms with van der Waals surface area (Å²) in [5, 5.41) is 11.1. The van der Waals surface area contributed by atoms with Crippen molar-refractivity contribution in [2.75, 3.05) is 0 Å². The Bertz CT molecular complexity index is 739. The van der Waals surface area contributed by atoms with Gasteiger partial charge in [-0.1, -0.05) is 18.2 Å². The topological polar surface area (TPSA) is 46.5 Å². The molecule has 3 aromatic rings. The number of halogens is 3. The first-order chi connectivity index (χ1) is 8.97. The molecule has 2 aromatic heterocycles. The summed E-state index contributed by atoms with van der Waals surface area (Å²) < 4.78 is 39.1. The molecule has 0 saturated heterocycles. The number of nitrogens with one attached hydrogen (secondary N) is 1. The summed E-state index contributed by atoms with van der Waals surface area (Å²) in [6, 6.07) is 8.25. The van der Waals surface area contributed by atoms with Crippen LogP contribution in [-0.2, 0) is 13.2 Å². The summed E-state index contributed by atoms with van der Waals surface area (Å²) in [4.78, 5) is 0. The molecule has 0 fully saturated rings. The first kappa shape index (κ1) is 11.8. The quantitative estimate of drug-likeness (QED) is 0.736. The van der Waals surface area contributed by atoms with Gasteiger partial charge in [-0.2, -0.15) is 23.4 Å². The summed E-state index contributed by atoms with van der Waals surface area (Å²) >= 11 is 0. The van der Waals surface area contributed by atoms with Crippen LogP contribution in [0.15, 0.2) is 30.3 Å². The molecule has 4 nitrogen and oxygen atoms in total. The van der Waals surface area contributed by atoms with Crippen molar-refractivity contribution < 1.29 is 13.2 Å². The maximum Gasteiger partial charge on any atom is 0.435 e. The van der Waals surface area contributed by atoms with E-state index >= 15 is 0 Å². The molecule has 3 rings (SSSR count). The Balaban J connectivity index is 2.20. The van der Waals surface area contributed by atoms with Gasteiger partial charge >= 0.3 is 6.18 Å². The highest BCUT2D eigenvalue weighted by atomic mass is 19.4. The fourth-order valence-corrected chi connectivity index (χ4v) is 1.99. The molecule has 0 atom stereocenters. The van der Waals surface area contributed by atoms with Crippen LogP contribution in [0.5, 0.6) is 0 Å². The molecule has 1 N–H and O–H groups in total. The number of hydrogen-bond acceptors (Lipinski definition) is 2. The van der Waals surface area contributed by atoms with Crippen LogP contribution in [0.3, 0.4) is 0 Å². The number of fused-ring (bicyclic) bond motifs is 1. The van der Waals surface area contributed by atoms with Gasteiger partial charge in [0.15, 0.2) is 5.69 Å². The first-order valence-corrected chi connectivity index (χ1v) is 5.51. The maximum absolute atomic E-state index is 12.6. The summed E-state index contributed by atoms with van der Waals surface area (Å²) in [5.41, 5.74) is 0.634. The van der Waals surface area contributed by atoms with E-state index in [1.165, 1.54) is 11.7 Å². The van der Waals surface area contributed by atoms with Gasteiger partial charge in [-0.3, -0.25) is 9.78 Å². The largest absolute Gasteiger partial charge is 0.435 e. The molecule has 19 heavy (non-hydrogen) atoms. The molecule has 0 spiro atoms. The van der Waals surface area contributed by atoms with E-state index in [-0.39, 0.29) is 0 Å². The molecule has 7 heteroatoms. The van der Waals surface area contributed by atoms with E-state index in [4.69, 9.17) is 0 Å². The van der Waals surface area contributed by atoms with Gasteiger partial charge in [0, 0.05) is 12.4 Å². The zero-order chi connectivity index (χ0) is 13.6. The van der Waals surface area contributed by atoms with Crippen LogP contribution in [0.25, 0.3) is 22.3 Å². The lowest BCUT2D eigenvalue weighted by Gasteiger charge is -1.98. The molecule has 0 radical (unpaired) electrons. The van der Waals surface area contributed by atoms with Gasteiger partial charge in [0.05, 0.1) is 11.2 Å². The van der Waals surface area contributed by atoms with E-state index in [1.807, 2.05) is 18.2 Å². The highest BCUT2D eigenvalue weighted by molar-refractivity contribution is 5.91. The molecule has 1 aromatic carbocycles. The van der Waals surface area contributed by atoms with Gasteiger partial charge < -0.3 is 0 Å². The third-order valence-electron chi connectivity index (χ3n) is 2.88. The second-order valence-corrected chi connectivity index (χ2v) is 4.15. The lowest BCUT2D eigenvalue weighted by atomic mass is 10.1. The third kappa shape index (κ3) is 1.87. The molecular weight excluding hydrogens is 257 g/mol. The Morgan fingerprint density at radius 2 is 1.95 bits per heavy atom. The number of para-hydroxylation sites is 1. The van der Waals surface area contributed by atoms with E-state index in [1.54, 1.807) is 6.07 Å². The van der Waals surface area contributed by atoms with Crippen molar-refractivity contribution >= 4 is 10.9 Å². The summed E-state index contributed by atoms with van der Waals surface area (Å²) in [5.74, 6) is 0. The standard InChI is InChI=1S/C12H9F3N4/c1-19-9(6-10(18-19)12(13,14)15)11-7-4-2-3-5-8(7)16-17-11/h2-6H,1H3,(H,16,17). The minimum absolute atomic E-state index is 0.324. The van der Waals surface area contributed by atoms with Crippen molar-refractivity contribution in [2.45, 2.75) is 6.18 Å². The van der Waals surface area contributed by atoms with Crippen LogP contribution in [-0.4, -0.2) is 20.0 Å². The zero-order valence-electron chi connectivity index (χ0n) is 9.86. The Morgan fingerprint density at radius 3 is 2.63 bits per heavy atom. The molecule has 0 aliphatic heterocycles. The van der Waals surface area contributed by atoms with Crippen LogP contribution < -0.4 is 0 Å². The minimum Gasteiger partial charge on any atom is -0.277 e. The molecule has 0 saturated carbocycles. The van der Waals surface area contributed by atoms with E-state index in [0.717, 1.165) is 17.0 Å². The Kier molecular flexibility index (Phi) is 2.38. The molecule has 98 valence electrons. The smallest absolute Gasteiger partial charge is 0.277 e. The van der Waals surface area contributed by atoms with Crippen molar-refractivity contribution in [2.24, 2.45) is 7.05 Å². The predicted octanol–water partition coefficient (Wildman–Crippen LogP) is 2.98. The zero-order valence-corrected chi connectivity index (χ0v) is 9.86. The van der Waals surface area contributed by atoms with Gasteiger partial charge in [-0.05, 0) is 12.1 Å². The molecule has 0 aliphatic carbocycles. The molecule has 2 heterocycles. The van der Waals surface area contributed by atoms with Crippen molar-refractivity contribution in [3.63, 3.8) is 0 Å². The summed E-state index contributed by atoms with van der Waals surface area (Å²) in [6.07, 6.45) is -4.46. The SMILES string of the molecule is Cn1nc(C(F)(F)F)cc1-c1n[nH]c2ccccc12. The second kappa shape index (κ2) is 3.84. The number of benzene rings is 1. The minimum atomic E-state index is -4.46. The van der Waals surface area contributed by atoms with E-state index in [2.05, 4.69) is 15.3 Å². The number of aryl methyl sites for hydroxylation is 1. The molecular formula is C12H9F3N4. The predicted molar refractivity (Wildman–Crippen MR) is 63.3 cm³/mol. The van der Waals surface area contributed by atoms with Crippen molar-refractivity contribution in [1.29, 1.82) is 0 Å². The highest BCUT2D eigenvalue weighted by Crippen LogP contribution is 2.32. The number of aromatic amines is 1. The summed E-state index contributed by atoms with van der Waals surface area (Å²) in [6.45, 7) is 0. The van der Waals surface area contributed by atoms with E-state index in [9.17, 15) is 13.2 Å². The number of rotatable bonds is 1. The first-order valence-electron chi connectivity index (χ1n) is 5.51. The normalized spacial score (nSPS) is 12.2. The molecule has 0 aliphatic rings. The average Bonchev–Trinajstić information content (AvgIpc) is 2.91. The summed E-state index contributed by atoms with van der Waals surface area (Å²) in [7, 11) is 1.47. The van der Waals surface area contributed by atoms with E-state index in [0.29, 0.717) is 11.4 Å². The van der Waals surface area contributed by atoms with Gasteiger partial charge in [0.1, 0.15) is 5.69 Å². The van der Waals surface area contributed by atoms with Crippen LogP contribution in [0.1, 0.15) is 5.69 Å². The van der Waals surface area contributed by atoms with Crippen LogP contribution in [0.2, 0.25) is 0 Å². The van der Waals surface area contributed by atoms with Gasteiger partial charge in [-0.15, -0.1) is 0 Å². The maximum atomic E-state index is 12.6. The van der Waals surface area contributed by atoms with Crippen molar-refractivity contribution in [3.05, 3.63) is 36.0 Å².